The average Bonchev–Trinajstić information content (AvgIpc) is 2.90. The van der Waals surface area contributed by atoms with Gasteiger partial charge in [-0.3, -0.25) is 9.59 Å². The van der Waals surface area contributed by atoms with Crippen LogP contribution in [0.1, 0.15) is 153 Å². The Bertz CT molecular complexity index is 889. The Labute approximate surface area is 220 Å². The third kappa shape index (κ3) is 12.8. The van der Waals surface area contributed by atoms with E-state index in [4.69, 9.17) is 0 Å². The summed E-state index contributed by atoms with van der Waals surface area (Å²) in [5.41, 5.74) is -0.304. The molecule has 4 heteroatoms. The molecule has 2 rings (SSSR count). The van der Waals surface area contributed by atoms with Crippen molar-refractivity contribution in [3.05, 3.63) is 40.8 Å². The largest absolute Gasteiger partial charge is 0.281 e. The van der Waals surface area contributed by atoms with E-state index in [0.29, 0.717) is 11.8 Å². The van der Waals surface area contributed by atoms with Crippen LogP contribution in [0, 0.1) is 0 Å². The van der Waals surface area contributed by atoms with Crippen molar-refractivity contribution in [2.24, 2.45) is 0 Å². The standard InChI is InChI=1S/C32H52N2O2/c1-2-3-4-5-6-7-8-9-10-11-12-13-14-15-16-17-18-19-20-21-22-27-31(35)34-32(36)30-26-24-23-25-29(30)28-33-34/h23-26,28H,2-22,27H2,1H3. The highest BCUT2D eigenvalue weighted by molar-refractivity contribution is 5.84. The van der Waals surface area contributed by atoms with Crippen LogP contribution in [-0.2, 0) is 0 Å². The molecule has 0 amide bonds. The summed E-state index contributed by atoms with van der Waals surface area (Å²) in [6, 6.07) is 7.28. The second kappa shape index (κ2) is 20.1. The predicted molar refractivity (Wildman–Crippen MR) is 154 cm³/mol. The van der Waals surface area contributed by atoms with Gasteiger partial charge in [-0.25, -0.2) is 0 Å². The number of hydrogen-bond acceptors (Lipinski definition) is 3. The van der Waals surface area contributed by atoms with Crippen LogP contribution < -0.4 is 5.56 Å². The average molecular weight is 497 g/mol. The lowest BCUT2D eigenvalue weighted by atomic mass is 10.0. The second-order valence-corrected chi connectivity index (χ2v) is 10.7. The number of benzene rings is 1. The molecule has 0 fully saturated rings. The quantitative estimate of drug-likeness (QED) is 0.152. The fourth-order valence-corrected chi connectivity index (χ4v) is 5.08. The molecule has 2 aromatic rings. The van der Waals surface area contributed by atoms with Gasteiger partial charge in [-0.15, -0.1) is 0 Å². The first-order valence-electron chi connectivity index (χ1n) is 15.2. The van der Waals surface area contributed by atoms with Crippen LogP contribution in [0.4, 0.5) is 0 Å². The summed E-state index contributed by atoms with van der Waals surface area (Å²) in [7, 11) is 0. The summed E-state index contributed by atoms with van der Waals surface area (Å²) in [6.07, 6.45) is 30.3. The molecule has 0 N–H and O–H groups in total. The van der Waals surface area contributed by atoms with E-state index >= 15 is 0 Å². The minimum atomic E-state index is -0.304. The van der Waals surface area contributed by atoms with Gasteiger partial charge in [-0.2, -0.15) is 9.78 Å². The molecule has 0 unspecified atom stereocenters. The van der Waals surface area contributed by atoms with Crippen molar-refractivity contribution >= 4 is 16.7 Å². The highest BCUT2D eigenvalue weighted by Gasteiger charge is 2.10. The van der Waals surface area contributed by atoms with E-state index in [9.17, 15) is 9.59 Å². The molecule has 36 heavy (non-hydrogen) atoms. The van der Waals surface area contributed by atoms with Gasteiger partial charge >= 0.3 is 0 Å². The molecule has 202 valence electrons. The van der Waals surface area contributed by atoms with Gasteiger partial charge in [-0.05, 0) is 12.5 Å². The Morgan fingerprint density at radius 2 is 1.06 bits per heavy atom. The summed E-state index contributed by atoms with van der Waals surface area (Å²) in [4.78, 5) is 24.9. The maximum absolute atomic E-state index is 12.5. The molecule has 1 aromatic carbocycles. The van der Waals surface area contributed by atoms with E-state index in [1.54, 1.807) is 12.3 Å². The summed E-state index contributed by atoms with van der Waals surface area (Å²) in [5.74, 6) is -0.191. The minimum absolute atomic E-state index is 0.191. The van der Waals surface area contributed by atoms with Crippen LogP contribution >= 0.6 is 0 Å². The summed E-state index contributed by atoms with van der Waals surface area (Å²) < 4.78 is 1.04. The maximum atomic E-state index is 12.5. The van der Waals surface area contributed by atoms with E-state index in [1.165, 1.54) is 122 Å². The van der Waals surface area contributed by atoms with E-state index in [0.717, 1.165) is 22.9 Å². The Morgan fingerprint density at radius 3 is 1.53 bits per heavy atom. The molecule has 0 radical (unpaired) electrons. The molecular formula is C32H52N2O2. The van der Waals surface area contributed by atoms with Crippen LogP contribution in [0.2, 0.25) is 0 Å². The lowest BCUT2D eigenvalue weighted by Crippen LogP contribution is -2.28. The van der Waals surface area contributed by atoms with Crippen molar-refractivity contribution in [2.75, 3.05) is 0 Å². The molecule has 4 nitrogen and oxygen atoms in total. The lowest BCUT2D eigenvalue weighted by Gasteiger charge is -2.05. The number of nitrogens with zero attached hydrogens (tertiary/aromatic N) is 2. The van der Waals surface area contributed by atoms with Gasteiger partial charge in [0, 0.05) is 11.8 Å². The molecule has 0 spiro atoms. The third-order valence-corrected chi connectivity index (χ3v) is 7.43. The maximum Gasteiger partial charge on any atom is 0.281 e. The SMILES string of the molecule is CCCCCCCCCCCCCCCCCCCCCCCC(=O)n1ncc2ccccc2c1=O. The Balaban J connectivity index is 1.34. The number of hydrogen-bond donors (Lipinski definition) is 0. The molecule has 0 bridgehead atoms. The number of aromatic nitrogens is 2. The second-order valence-electron chi connectivity index (χ2n) is 10.7. The topological polar surface area (TPSA) is 52.0 Å². The Kier molecular flexibility index (Phi) is 16.9. The first-order valence-corrected chi connectivity index (χ1v) is 15.2. The lowest BCUT2D eigenvalue weighted by molar-refractivity contribution is 0.0877. The van der Waals surface area contributed by atoms with Crippen molar-refractivity contribution in [3.8, 4) is 0 Å². The summed E-state index contributed by atoms with van der Waals surface area (Å²) in [5, 5.41) is 5.40. The molecular weight excluding hydrogens is 444 g/mol. The first-order chi connectivity index (χ1) is 17.7. The number of carbonyl (C=O) groups is 1. The molecule has 0 saturated heterocycles. The van der Waals surface area contributed by atoms with Crippen molar-refractivity contribution < 1.29 is 4.79 Å². The normalized spacial score (nSPS) is 11.4. The highest BCUT2D eigenvalue weighted by Crippen LogP contribution is 2.15. The first kappa shape index (κ1) is 30.3. The predicted octanol–water partition coefficient (Wildman–Crippen LogP) is 9.64. The molecule has 0 aliphatic rings. The summed E-state index contributed by atoms with van der Waals surface area (Å²) in [6.45, 7) is 2.29. The van der Waals surface area contributed by atoms with Crippen molar-refractivity contribution in [2.45, 2.75) is 148 Å². The van der Waals surface area contributed by atoms with E-state index in [-0.39, 0.29) is 11.5 Å². The van der Waals surface area contributed by atoms with Gasteiger partial charge in [0.1, 0.15) is 0 Å². The van der Waals surface area contributed by atoms with Crippen LogP contribution in [0.5, 0.6) is 0 Å². The van der Waals surface area contributed by atoms with Crippen LogP contribution in [0.3, 0.4) is 0 Å². The number of fused-ring (bicyclic) bond motifs is 1. The van der Waals surface area contributed by atoms with Gasteiger partial charge in [0.2, 0.25) is 5.91 Å². The molecule has 1 aromatic heterocycles. The third-order valence-electron chi connectivity index (χ3n) is 7.43. The monoisotopic (exact) mass is 496 g/mol. The van der Waals surface area contributed by atoms with Gasteiger partial charge < -0.3 is 0 Å². The van der Waals surface area contributed by atoms with Gasteiger partial charge in [-0.1, -0.05) is 154 Å². The minimum Gasteiger partial charge on any atom is -0.272 e. The van der Waals surface area contributed by atoms with Gasteiger partial charge in [0.15, 0.2) is 0 Å². The smallest absolute Gasteiger partial charge is 0.272 e. The number of unbranched alkanes of at least 4 members (excludes halogenated alkanes) is 20. The zero-order valence-corrected chi connectivity index (χ0v) is 23.2. The zero-order valence-electron chi connectivity index (χ0n) is 23.2. The van der Waals surface area contributed by atoms with Crippen molar-refractivity contribution in [1.82, 2.24) is 9.78 Å². The van der Waals surface area contributed by atoms with Crippen molar-refractivity contribution in [3.63, 3.8) is 0 Å². The molecule has 1 heterocycles. The fourth-order valence-electron chi connectivity index (χ4n) is 5.08. The van der Waals surface area contributed by atoms with E-state index in [1.807, 2.05) is 18.2 Å². The molecule has 0 atom stereocenters. The van der Waals surface area contributed by atoms with E-state index < -0.39 is 0 Å². The highest BCUT2D eigenvalue weighted by atomic mass is 16.2. The molecule has 0 aliphatic carbocycles. The Morgan fingerprint density at radius 1 is 0.639 bits per heavy atom. The van der Waals surface area contributed by atoms with Gasteiger partial charge in [0.05, 0.1) is 11.6 Å². The number of rotatable bonds is 22. The van der Waals surface area contributed by atoms with Crippen LogP contribution in [0.25, 0.3) is 10.8 Å². The van der Waals surface area contributed by atoms with Crippen molar-refractivity contribution in [1.29, 1.82) is 0 Å². The van der Waals surface area contributed by atoms with E-state index in [2.05, 4.69) is 12.0 Å². The number of carbonyl (C=O) groups excluding carboxylic acids is 1. The molecule has 0 aliphatic heterocycles. The van der Waals surface area contributed by atoms with Crippen LogP contribution in [0.15, 0.2) is 35.3 Å². The fraction of sp³-hybridized carbons (Fsp3) is 0.719. The zero-order chi connectivity index (χ0) is 25.7. The van der Waals surface area contributed by atoms with Gasteiger partial charge in [0.25, 0.3) is 5.56 Å². The summed E-state index contributed by atoms with van der Waals surface area (Å²) >= 11 is 0. The molecule has 0 saturated carbocycles. The Hall–Kier alpha value is -1.97. The van der Waals surface area contributed by atoms with Crippen LogP contribution in [-0.4, -0.2) is 15.7 Å².